The van der Waals surface area contributed by atoms with Crippen LogP contribution in [-0.2, 0) is 59.0 Å². The molecule has 42 heteroatoms. The molecule has 25 N–H and O–H groups in total. The van der Waals surface area contributed by atoms with Crippen molar-refractivity contribution in [2.24, 2.45) is 17.4 Å². The number of amides is 7. The van der Waals surface area contributed by atoms with E-state index in [-0.39, 0.29) is 52.2 Å². The van der Waals surface area contributed by atoms with Crippen LogP contribution in [0.1, 0.15) is 116 Å². The number of phenols is 3. The molecule has 18 atom stereocenters. The first-order valence-electron chi connectivity index (χ1n) is 37.9. The average molecular weight is 1740 g/mol. The minimum Gasteiger partial charge on any atom is -0.508 e. The number of carbonyl (C=O) groups is 8. The van der Waals surface area contributed by atoms with E-state index in [4.69, 9.17) is 88.8 Å². The third-order valence-corrected chi connectivity index (χ3v) is 21.4. The summed E-state index contributed by atoms with van der Waals surface area (Å²) in [6, 6.07) is 3.04. The van der Waals surface area contributed by atoms with Crippen molar-refractivity contribution in [1.29, 1.82) is 0 Å². The number of hydrogen-bond donors (Lipinski definition) is 21. The van der Waals surface area contributed by atoms with Crippen LogP contribution in [0.3, 0.4) is 0 Å². The number of aliphatic hydroxyl groups excluding tert-OH is 6. The molecule has 1 aromatic heterocycles. The van der Waals surface area contributed by atoms with Crippen LogP contribution in [0.15, 0.2) is 97.2 Å². The summed E-state index contributed by atoms with van der Waals surface area (Å²) >= 11 is 14.1. The number of primary amides is 1. The fourth-order valence-electron chi connectivity index (χ4n) is 14.5. The van der Waals surface area contributed by atoms with Gasteiger partial charge < -0.3 is 154 Å². The molecule has 11 bridgehead atoms. The first kappa shape index (κ1) is 90.9. The summed E-state index contributed by atoms with van der Waals surface area (Å²) in [6.07, 6.45) is -16.4. The summed E-state index contributed by atoms with van der Waals surface area (Å²) in [5.74, 6) is -13.8. The van der Waals surface area contributed by atoms with Gasteiger partial charge in [-0.3, -0.25) is 33.6 Å². The quantitative estimate of drug-likeness (QED) is 0.0577. The number of phenolic OH excluding ortho intramolecular Hbond substituents is 3. The number of nitrogens with one attached hydrogen (secondary N) is 7. The number of nitrogens with two attached hydrogens (primary N) is 4. The van der Waals surface area contributed by atoms with Gasteiger partial charge in [0.05, 0.1) is 62.7 Å². The molecule has 8 heterocycles. The third kappa shape index (κ3) is 20.0. The molecule has 2 saturated heterocycles. The van der Waals surface area contributed by atoms with Gasteiger partial charge in [-0.1, -0.05) is 55.2 Å². The molecular weight excluding hydrogens is 1650 g/mol. The summed E-state index contributed by atoms with van der Waals surface area (Å²) in [5.41, 5.74) is 21.1. The average Bonchev–Trinajstić information content (AvgIpc) is 0.764. The number of carboxylic acid groups (broad SMARTS) is 1. The number of rotatable bonds is 18. The standard InChI is InChI=1S/C66H75Cl2N9O24.C14H18N4O3/c1-23(2)12-34(71-5)58(88)76-49-51(83)26-7-10-38(32(67)14-26)97-40-16-28-17-41(55(40)101-65-56(54(86)53(85)42(22-78)99-65)100-44-21-66(4,70)57(87)24(3)96-44)98-39-11-8-27(15-33(39)68)52(84)50-63(93)75-48(64(94)95)31-18-29(79)19-37(81)45(31)30-13-25(6-9-36(30)80)46(60(90)77-50)74-61(91)47(28)73-59(89)35(20-43(69)82)72-62(49)92;1-19-10-5-8(6-11(20-2)12(10)21-3)4-9-7-17-14(16)18-13(9)15/h6-11,13-19,23-24,34-35,42,44,46-54,56-57,65,71,78-81,83-87H,12,20-22,70H2,1-5H3,(H2,69,82)(H,72,92)(H,73,89)(H,74,91)(H,75,93)(H,76,88)(H,77,90)(H,94,95);5-7H,4H2,1-3H3,(H4,15,16,17,18)/t24-,34+,35-,42+,44-,46+,47+,48+,49+,50-,51+,52+,53+,54-,56+,57?,65-,66-;/m0./s1. The number of likely N-dealkylation sites (N-methyl/N-ethyl adjacent to an activating group) is 1. The van der Waals surface area contributed by atoms with Crippen LogP contribution in [-0.4, -0.2) is 222 Å². The number of ether oxygens (including phenoxy) is 9. The first-order valence-corrected chi connectivity index (χ1v) is 38.6. The molecule has 0 radical (unpaired) electrons. The number of aliphatic carboxylic acids is 1. The van der Waals surface area contributed by atoms with Gasteiger partial charge in [0.25, 0.3) is 0 Å². The number of nitrogens with zero attached hydrogens (tertiary/aromatic N) is 2. The fourth-order valence-corrected chi connectivity index (χ4v) is 15.0. The van der Waals surface area contributed by atoms with E-state index in [1.165, 1.54) is 33.0 Å². The predicted molar refractivity (Wildman–Crippen MR) is 429 cm³/mol. The lowest BCUT2D eigenvalue weighted by molar-refractivity contribution is -0.333. The molecule has 0 spiro atoms. The van der Waals surface area contributed by atoms with E-state index < -0.39 is 237 Å². The van der Waals surface area contributed by atoms with Crippen molar-refractivity contribution >= 4 is 82.3 Å². The van der Waals surface area contributed by atoms with Gasteiger partial charge >= 0.3 is 5.97 Å². The van der Waals surface area contributed by atoms with Crippen molar-refractivity contribution in [2.45, 2.75) is 163 Å². The number of aliphatic hydroxyl groups is 6. The topological polar surface area (TPSA) is 636 Å². The van der Waals surface area contributed by atoms with E-state index >= 15 is 14.4 Å². The second kappa shape index (κ2) is 38.0. The molecule has 7 aliphatic heterocycles. The molecule has 122 heavy (non-hydrogen) atoms. The zero-order chi connectivity index (χ0) is 88.9. The lowest BCUT2D eigenvalue weighted by Crippen LogP contribution is -2.64. The van der Waals surface area contributed by atoms with Gasteiger partial charge in [-0.05, 0) is 128 Å². The molecule has 1 unspecified atom stereocenters. The fraction of sp³-hybridized carbons (Fsp3) is 0.400. The van der Waals surface area contributed by atoms with Crippen molar-refractivity contribution in [2.75, 3.05) is 46.5 Å². The molecule has 0 aliphatic carbocycles. The highest BCUT2D eigenvalue weighted by Gasteiger charge is 2.52. The number of methoxy groups -OCH3 is 3. The second-order valence-electron chi connectivity index (χ2n) is 30.1. The van der Waals surface area contributed by atoms with Crippen molar-refractivity contribution in [3.05, 3.63) is 146 Å². The molecule has 7 aromatic rings. The molecule has 654 valence electrons. The number of halogens is 2. The molecule has 14 rings (SSSR count). The third-order valence-electron chi connectivity index (χ3n) is 20.8. The van der Waals surface area contributed by atoms with Gasteiger partial charge in [0.15, 0.2) is 41.4 Å². The van der Waals surface area contributed by atoms with Crippen LogP contribution < -0.4 is 88.6 Å². The van der Waals surface area contributed by atoms with Gasteiger partial charge in [0.2, 0.25) is 65.1 Å². The van der Waals surface area contributed by atoms with Crippen LogP contribution in [0.4, 0.5) is 11.8 Å². The van der Waals surface area contributed by atoms with Crippen LogP contribution in [0.25, 0.3) is 11.1 Å². The monoisotopic (exact) mass is 1740 g/mol. The normalized spacial score (nSPS) is 26.1. The van der Waals surface area contributed by atoms with E-state index in [0.717, 1.165) is 77.9 Å². The Morgan fingerprint density at radius 1 is 0.697 bits per heavy atom. The maximum absolute atomic E-state index is 16.0. The van der Waals surface area contributed by atoms with Crippen LogP contribution in [0.5, 0.6) is 63.2 Å². The maximum Gasteiger partial charge on any atom is 0.330 e. The van der Waals surface area contributed by atoms with E-state index in [9.17, 15) is 75.0 Å². The summed E-state index contributed by atoms with van der Waals surface area (Å²) in [4.78, 5) is 125. The zero-order valence-electron chi connectivity index (χ0n) is 66.5. The molecule has 2 fully saturated rings. The Bertz CT molecular complexity index is 5120. The van der Waals surface area contributed by atoms with Gasteiger partial charge in [-0.2, -0.15) is 4.98 Å². The number of carboxylic acids is 1. The highest BCUT2D eigenvalue weighted by Crippen LogP contribution is 2.50. The number of carbonyl (C=O) groups excluding carboxylic acids is 7. The van der Waals surface area contributed by atoms with Crippen molar-refractivity contribution in [3.8, 4) is 74.4 Å². The molecule has 7 aliphatic rings. The largest absolute Gasteiger partial charge is 0.508 e. The van der Waals surface area contributed by atoms with Gasteiger partial charge in [0, 0.05) is 52.9 Å². The highest BCUT2D eigenvalue weighted by atomic mass is 35.5. The summed E-state index contributed by atoms with van der Waals surface area (Å²) < 4.78 is 54.2. The zero-order valence-corrected chi connectivity index (χ0v) is 68.0. The first-order chi connectivity index (χ1) is 57.7. The number of hydrogen-bond acceptors (Lipinski definition) is 32. The maximum atomic E-state index is 16.0. The number of aromatic hydroxyl groups is 3. The number of aromatic nitrogens is 2. The highest BCUT2D eigenvalue weighted by molar-refractivity contribution is 6.32. The molecule has 6 aromatic carbocycles. The van der Waals surface area contributed by atoms with Crippen molar-refractivity contribution < 1.29 is 132 Å². The Balaban J connectivity index is 0.000000600. The summed E-state index contributed by atoms with van der Waals surface area (Å²) in [5, 5.41) is 131. The number of fused-ring (bicyclic) bond motifs is 15. The summed E-state index contributed by atoms with van der Waals surface area (Å²) in [7, 11) is 6.18. The van der Waals surface area contributed by atoms with Crippen molar-refractivity contribution in [1.82, 2.24) is 47.2 Å². The lowest BCUT2D eigenvalue weighted by Gasteiger charge is -2.47. The number of anilines is 2. The molecule has 40 nitrogen and oxygen atoms in total. The van der Waals surface area contributed by atoms with E-state index in [2.05, 4.69) is 47.2 Å². The Morgan fingerprint density at radius 3 is 1.87 bits per heavy atom. The predicted octanol–water partition coefficient (Wildman–Crippen LogP) is 1.36. The molecular formula is C80H93Cl2N13O27. The van der Waals surface area contributed by atoms with E-state index in [0.29, 0.717) is 29.5 Å². The second-order valence-corrected chi connectivity index (χ2v) is 30.9. The Labute approximate surface area is 705 Å². The van der Waals surface area contributed by atoms with Crippen LogP contribution in [0.2, 0.25) is 10.0 Å². The minimum atomic E-state index is -2.35. The Kier molecular flexibility index (Phi) is 28.3. The number of nitrogen functional groups attached to an aromatic ring is 2. The number of benzene rings is 6. The van der Waals surface area contributed by atoms with E-state index in [1.54, 1.807) is 27.5 Å². The summed E-state index contributed by atoms with van der Waals surface area (Å²) in [6.45, 7) is 5.66. The molecule has 7 amide bonds. The van der Waals surface area contributed by atoms with E-state index in [1.807, 2.05) is 26.0 Å². The SMILES string of the molecule is CN[C@H](CC(C)C)C(=O)N[C@H]1C(=O)N[C@@H](CC(N)=O)C(=O)N[C@H]2C(=O)N[C@H]3C(=O)N[C@H](C(=O)N[C@@H](C(=O)O)c4cc(O)cc(O)c4-c4cc3ccc4O)[C@H](O)c3ccc(c(Cl)c3)Oc3cc2cc(c3O[C@@H]2O[C@H](CO)[C@@H](O)[C@H](O)[C@H]2O[C@H]2C[C@](C)(N)C(O)[C@H](C)O2)Oc2ccc(cc2Cl)[C@H]1O.COc1cc(Cc2cnc(N)nc2N)cc(OC)c1OC. The van der Waals surface area contributed by atoms with Gasteiger partial charge in [-0.15, -0.1) is 0 Å². The van der Waals surface area contributed by atoms with Crippen LogP contribution >= 0.6 is 23.2 Å². The Hall–Kier alpha value is -11.9. The smallest absolute Gasteiger partial charge is 0.330 e. The van der Waals surface area contributed by atoms with Gasteiger partial charge in [0.1, 0.15) is 95.3 Å². The minimum absolute atomic E-state index is 0.0975. The lowest BCUT2D eigenvalue weighted by atomic mass is 9.86. The Morgan fingerprint density at radius 2 is 1.30 bits per heavy atom. The van der Waals surface area contributed by atoms with Gasteiger partial charge in [-0.25, -0.2) is 9.78 Å². The molecule has 0 saturated carbocycles. The van der Waals surface area contributed by atoms with Crippen molar-refractivity contribution in [3.63, 3.8) is 0 Å². The van der Waals surface area contributed by atoms with Crippen LogP contribution in [0, 0.1) is 5.92 Å².